The Kier molecular flexibility index (Phi) is 4.50. The maximum Gasteiger partial charge on any atom is 0.243 e. The zero-order chi connectivity index (χ0) is 26.0. The Hall–Kier alpha value is -5.37. The van der Waals surface area contributed by atoms with Crippen LogP contribution in [-0.4, -0.2) is 41.5 Å². The second-order valence-corrected chi connectivity index (χ2v) is 9.37. The molecule has 0 fully saturated rings. The summed E-state index contributed by atoms with van der Waals surface area (Å²) in [5, 5.41) is 17.0. The first kappa shape index (κ1) is 21.9. The molecule has 2 N–H and O–H groups in total. The highest BCUT2D eigenvalue weighted by Gasteiger charge is 2.58. The molecule has 2 amide bonds. The van der Waals surface area contributed by atoms with E-state index >= 15 is 0 Å². The summed E-state index contributed by atoms with van der Waals surface area (Å²) in [7, 11) is 0. The van der Waals surface area contributed by atoms with E-state index in [1.165, 1.54) is 12.7 Å². The van der Waals surface area contributed by atoms with Crippen LogP contribution in [0, 0.1) is 18.3 Å². The monoisotopic (exact) mass is 501 g/mol. The molecule has 5 heterocycles. The predicted molar refractivity (Wildman–Crippen MR) is 136 cm³/mol. The van der Waals surface area contributed by atoms with Gasteiger partial charge in [-0.2, -0.15) is 15.0 Å². The van der Waals surface area contributed by atoms with E-state index in [2.05, 4.69) is 31.3 Å². The van der Waals surface area contributed by atoms with Crippen molar-refractivity contribution in [1.29, 1.82) is 5.26 Å². The average molecular weight is 502 g/mol. The van der Waals surface area contributed by atoms with Crippen LogP contribution in [0.2, 0.25) is 0 Å². The number of benzene rings is 2. The van der Waals surface area contributed by atoms with Gasteiger partial charge in [-0.1, -0.05) is 30.3 Å². The van der Waals surface area contributed by atoms with E-state index in [0.29, 0.717) is 39.6 Å². The van der Waals surface area contributed by atoms with Crippen LogP contribution in [0.5, 0.6) is 0 Å². The van der Waals surface area contributed by atoms with E-state index in [9.17, 15) is 14.9 Å². The lowest BCUT2D eigenvalue weighted by atomic mass is 9.70. The minimum Gasteiger partial charge on any atom is -0.340 e. The van der Waals surface area contributed by atoms with Gasteiger partial charge in [0.2, 0.25) is 11.8 Å². The second kappa shape index (κ2) is 7.81. The van der Waals surface area contributed by atoms with Crippen LogP contribution in [0.15, 0.2) is 61.2 Å². The number of aryl methyl sites for hydroxylation is 1. The number of carbonyl (C=O) groups is 2. The van der Waals surface area contributed by atoms with E-state index in [4.69, 9.17) is 5.10 Å². The lowest BCUT2D eigenvalue weighted by molar-refractivity contribution is -0.126. The highest BCUT2D eigenvalue weighted by Crippen LogP contribution is 2.53. The highest BCUT2D eigenvalue weighted by molar-refractivity contribution is 6.16. The van der Waals surface area contributed by atoms with Crippen LogP contribution in [0.25, 0.3) is 17.0 Å². The summed E-state index contributed by atoms with van der Waals surface area (Å²) in [6, 6.07) is 16.9. The van der Waals surface area contributed by atoms with Gasteiger partial charge in [-0.3, -0.25) is 9.59 Å². The molecule has 11 heteroatoms. The molecule has 0 saturated carbocycles. The Morgan fingerprint density at radius 2 is 1.97 bits per heavy atom. The molecule has 0 saturated heterocycles. The van der Waals surface area contributed by atoms with Crippen molar-refractivity contribution in [2.45, 2.75) is 25.3 Å². The van der Waals surface area contributed by atoms with Crippen LogP contribution in [-0.2, 0) is 21.5 Å². The van der Waals surface area contributed by atoms with Gasteiger partial charge in [0.25, 0.3) is 0 Å². The maximum absolute atomic E-state index is 14.5. The van der Waals surface area contributed by atoms with Gasteiger partial charge in [-0.05, 0) is 36.2 Å². The molecule has 1 unspecified atom stereocenters. The highest BCUT2D eigenvalue weighted by atomic mass is 16.2. The number of nitrogens with one attached hydrogen (secondary N) is 2. The fourth-order valence-corrected chi connectivity index (χ4v) is 5.74. The van der Waals surface area contributed by atoms with Gasteiger partial charge in [0.1, 0.15) is 23.1 Å². The summed E-state index contributed by atoms with van der Waals surface area (Å²) in [6.45, 7) is 2.09. The molecule has 38 heavy (non-hydrogen) atoms. The fourth-order valence-electron chi connectivity index (χ4n) is 5.74. The van der Waals surface area contributed by atoms with Crippen molar-refractivity contribution < 1.29 is 9.59 Å². The molecule has 11 nitrogen and oxygen atoms in total. The molecule has 2 aliphatic rings. The first-order valence-corrected chi connectivity index (χ1v) is 12.0. The molecule has 2 aliphatic heterocycles. The van der Waals surface area contributed by atoms with Crippen LogP contribution in [0.3, 0.4) is 0 Å². The lowest BCUT2D eigenvalue weighted by Crippen LogP contribution is -2.46. The van der Waals surface area contributed by atoms with Gasteiger partial charge in [0, 0.05) is 17.7 Å². The SMILES string of the molecule is Cc1nn(-c2ncnc3nc[nH]c23)c2c1C1(CC(=O)N2)C(=O)N(Cc2cccc(C#N)c2)c2ccccc21. The molecule has 2 aromatic carbocycles. The van der Waals surface area contributed by atoms with E-state index in [0.717, 1.165) is 16.8 Å². The number of carbonyl (C=O) groups excluding carboxylic acids is 2. The number of aromatic nitrogens is 6. The third kappa shape index (κ3) is 2.88. The number of nitriles is 1. The Labute approximate surface area is 215 Å². The molecule has 1 atom stereocenters. The third-order valence-corrected chi connectivity index (χ3v) is 7.24. The largest absolute Gasteiger partial charge is 0.340 e. The van der Waals surface area contributed by atoms with Crippen molar-refractivity contribution in [2.75, 3.05) is 10.2 Å². The van der Waals surface area contributed by atoms with Gasteiger partial charge in [-0.25, -0.2) is 15.0 Å². The normalized spacial score (nSPS) is 17.9. The second-order valence-electron chi connectivity index (χ2n) is 9.37. The predicted octanol–water partition coefficient (Wildman–Crippen LogP) is 2.89. The number of imidazole rings is 1. The van der Waals surface area contributed by atoms with Gasteiger partial charge in [0.15, 0.2) is 11.5 Å². The Morgan fingerprint density at radius 3 is 2.84 bits per heavy atom. The Bertz CT molecular complexity index is 1850. The zero-order valence-corrected chi connectivity index (χ0v) is 20.1. The van der Waals surface area contributed by atoms with Crippen LogP contribution in [0.4, 0.5) is 11.5 Å². The summed E-state index contributed by atoms with van der Waals surface area (Å²) in [6.07, 6.45) is 2.84. The molecule has 0 bridgehead atoms. The summed E-state index contributed by atoms with van der Waals surface area (Å²) >= 11 is 0. The van der Waals surface area contributed by atoms with E-state index in [-0.39, 0.29) is 24.8 Å². The van der Waals surface area contributed by atoms with Crippen LogP contribution in [0.1, 0.15) is 34.4 Å². The molecule has 3 aromatic heterocycles. The number of fused-ring (bicyclic) bond motifs is 5. The third-order valence-electron chi connectivity index (χ3n) is 7.24. The van der Waals surface area contributed by atoms with Crippen LogP contribution < -0.4 is 10.2 Å². The summed E-state index contributed by atoms with van der Waals surface area (Å²) in [5.41, 5.74) is 3.80. The van der Waals surface area contributed by atoms with Gasteiger partial charge >= 0.3 is 0 Å². The number of rotatable bonds is 3. The summed E-state index contributed by atoms with van der Waals surface area (Å²) in [5.74, 6) is 0.294. The van der Waals surface area contributed by atoms with Crippen molar-refractivity contribution in [3.63, 3.8) is 0 Å². The molecule has 0 radical (unpaired) electrons. The Balaban J connectivity index is 1.44. The fraction of sp³-hybridized carbons (Fsp3) is 0.148. The number of hydrogen-bond acceptors (Lipinski definition) is 7. The number of para-hydroxylation sites is 1. The number of anilines is 2. The number of aromatic amines is 1. The van der Waals surface area contributed by atoms with E-state index in [1.807, 2.05) is 37.3 Å². The molecule has 0 aliphatic carbocycles. The van der Waals surface area contributed by atoms with E-state index in [1.54, 1.807) is 27.8 Å². The topological polar surface area (TPSA) is 145 Å². The van der Waals surface area contributed by atoms with Crippen molar-refractivity contribution in [1.82, 2.24) is 29.7 Å². The molecule has 184 valence electrons. The molecular formula is C27H19N9O2. The standard InChI is InChI=1S/C27H19N9O2/c1-15-21-24(36(34-15)25-22-23(30-13-29-22)31-14-32-25)33-20(37)10-27(21)18-7-2-3-8-19(18)35(26(27)38)12-17-6-4-5-16(9-17)11-28/h2-9,13-14H,10,12H2,1H3,(H,33,37)(H,29,30,31,32). The zero-order valence-electron chi connectivity index (χ0n) is 20.1. The van der Waals surface area contributed by atoms with Gasteiger partial charge in [-0.15, -0.1) is 0 Å². The smallest absolute Gasteiger partial charge is 0.243 e. The number of nitrogens with zero attached hydrogens (tertiary/aromatic N) is 7. The lowest BCUT2D eigenvalue weighted by Gasteiger charge is -2.33. The van der Waals surface area contributed by atoms with E-state index < -0.39 is 5.41 Å². The molecule has 1 spiro atoms. The van der Waals surface area contributed by atoms with Crippen molar-refractivity contribution in [2.24, 2.45) is 0 Å². The van der Waals surface area contributed by atoms with Gasteiger partial charge < -0.3 is 15.2 Å². The molecule has 7 rings (SSSR count). The van der Waals surface area contributed by atoms with Crippen LogP contribution >= 0.6 is 0 Å². The van der Waals surface area contributed by atoms with Crippen molar-refractivity contribution >= 4 is 34.5 Å². The van der Waals surface area contributed by atoms with Crippen molar-refractivity contribution in [3.05, 3.63) is 89.1 Å². The maximum atomic E-state index is 14.5. The first-order valence-electron chi connectivity index (χ1n) is 12.0. The number of hydrogen-bond donors (Lipinski definition) is 2. The average Bonchev–Trinajstić information content (AvgIpc) is 3.60. The number of H-pyrrole nitrogens is 1. The number of amides is 2. The van der Waals surface area contributed by atoms with Gasteiger partial charge in [0.05, 0.1) is 30.2 Å². The Morgan fingerprint density at radius 1 is 1.11 bits per heavy atom. The molecule has 5 aromatic rings. The molecular weight excluding hydrogens is 482 g/mol. The summed E-state index contributed by atoms with van der Waals surface area (Å²) < 4.78 is 1.54. The quantitative estimate of drug-likeness (QED) is 0.387. The minimum atomic E-state index is -1.26. The van der Waals surface area contributed by atoms with Crippen molar-refractivity contribution in [3.8, 4) is 11.9 Å². The summed E-state index contributed by atoms with van der Waals surface area (Å²) in [4.78, 5) is 45.3. The first-order chi connectivity index (χ1) is 18.5. The minimum absolute atomic E-state index is 0.0552.